The molecular formula is C23H25N3O4. The fourth-order valence-electron chi connectivity index (χ4n) is 3.09. The van der Waals surface area contributed by atoms with Crippen molar-refractivity contribution in [3.8, 4) is 0 Å². The second kappa shape index (κ2) is 9.84. The number of rotatable bonds is 8. The number of anilines is 1. The van der Waals surface area contributed by atoms with Crippen LogP contribution in [0, 0.1) is 0 Å². The molecule has 1 aromatic heterocycles. The molecule has 0 aliphatic carbocycles. The second-order valence-corrected chi connectivity index (χ2v) is 6.80. The molecule has 0 radical (unpaired) electrons. The van der Waals surface area contributed by atoms with Crippen LogP contribution in [0.3, 0.4) is 0 Å². The molecule has 0 saturated heterocycles. The number of para-hydroxylation sites is 1. The minimum Gasteiger partial charge on any atom is -0.422 e. The average molecular weight is 407 g/mol. The van der Waals surface area contributed by atoms with Crippen molar-refractivity contribution in [2.24, 2.45) is 0 Å². The standard InChI is InChI=1S/C23H25N3O4/c1-3-26(4-2)14-13-24-21(27)16-9-11-18(12-10-16)25-22(28)19-15-17-7-5-6-8-20(17)30-23(19)29/h5-12,15H,3-4,13-14H2,1-2H3,(H,24,27)(H,25,28). The summed E-state index contributed by atoms with van der Waals surface area (Å²) in [6.45, 7) is 7.41. The predicted octanol–water partition coefficient (Wildman–Crippen LogP) is 3.12. The Morgan fingerprint density at radius 2 is 1.67 bits per heavy atom. The minimum atomic E-state index is -0.699. The second-order valence-electron chi connectivity index (χ2n) is 6.80. The molecule has 0 aliphatic rings. The number of nitrogens with one attached hydrogen (secondary N) is 2. The summed E-state index contributed by atoms with van der Waals surface area (Å²) in [5.74, 6) is -0.735. The molecule has 0 saturated carbocycles. The molecule has 2 amide bonds. The molecule has 0 atom stereocenters. The fraction of sp³-hybridized carbons (Fsp3) is 0.261. The van der Waals surface area contributed by atoms with Crippen LogP contribution in [0.5, 0.6) is 0 Å². The number of hydrogen-bond acceptors (Lipinski definition) is 5. The van der Waals surface area contributed by atoms with Crippen LogP contribution in [0.25, 0.3) is 11.0 Å². The maximum Gasteiger partial charge on any atom is 0.349 e. The largest absolute Gasteiger partial charge is 0.422 e. The maximum atomic E-state index is 12.5. The first-order valence-corrected chi connectivity index (χ1v) is 9.96. The number of nitrogens with zero attached hydrogens (tertiary/aromatic N) is 1. The highest BCUT2D eigenvalue weighted by molar-refractivity contribution is 6.05. The van der Waals surface area contributed by atoms with Crippen molar-refractivity contribution in [3.63, 3.8) is 0 Å². The first-order chi connectivity index (χ1) is 14.5. The number of hydrogen-bond donors (Lipinski definition) is 2. The number of benzene rings is 2. The summed E-state index contributed by atoms with van der Waals surface area (Å²) in [5, 5.41) is 6.22. The van der Waals surface area contributed by atoms with Crippen molar-refractivity contribution in [2.45, 2.75) is 13.8 Å². The normalized spacial score (nSPS) is 10.9. The van der Waals surface area contributed by atoms with E-state index >= 15 is 0 Å². The summed E-state index contributed by atoms with van der Waals surface area (Å²) in [4.78, 5) is 39.1. The van der Waals surface area contributed by atoms with E-state index in [1.807, 2.05) is 0 Å². The number of amides is 2. The van der Waals surface area contributed by atoms with Crippen molar-refractivity contribution >= 4 is 28.5 Å². The predicted molar refractivity (Wildman–Crippen MR) is 117 cm³/mol. The topological polar surface area (TPSA) is 91.7 Å². The van der Waals surface area contributed by atoms with Gasteiger partial charge >= 0.3 is 5.63 Å². The lowest BCUT2D eigenvalue weighted by atomic mass is 10.1. The minimum absolute atomic E-state index is 0.0769. The van der Waals surface area contributed by atoms with E-state index in [1.165, 1.54) is 6.07 Å². The third-order valence-corrected chi connectivity index (χ3v) is 4.90. The molecule has 3 rings (SSSR count). The van der Waals surface area contributed by atoms with Gasteiger partial charge in [-0.1, -0.05) is 32.0 Å². The van der Waals surface area contributed by atoms with Crippen LogP contribution in [0.15, 0.2) is 63.8 Å². The lowest BCUT2D eigenvalue weighted by Crippen LogP contribution is -2.34. The summed E-state index contributed by atoms with van der Waals surface area (Å²) in [5.41, 5.74) is 0.628. The van der Waals surface area contributed by atoms with Gasteiger partial charge in [0.15, 0.2) is 0 Å². The summed E-state index contributed by atoms with van der Waals surface area (Å²) < 4.78 is 5.20. The van der Waals surface area contributed by atoms with Gasteiger partial charge in [0, 0.05) is 29.7 Å². The smallest absolute Gasteiger partial charge is 0.349 e. The Labute approximate surface area is 174 Å². The lowest BCUT2D eigenvalue weighted by Gasteiger charge is -2.17. The van der Waals surface area contributed by atoms with E-state index < -0.39 is 11.5 Å². The summed E-state index contributed by atoms with van der Waals surface area (Å²) in [6, 6.07) is 15.0. The number of fused-ring (bicyclic) bond motifs is 1. The monoisotopic (exact) mass is 407 g/mol. The van der Waals surface area contributed by atoms with Gasteiger partial charge in [0.25, 0.3) is 11.8 Å². The molecule has 156 valence electrons. The highest BCUT2D eigenvalue weighted by atomic mass is 16.4. The van der Waals surface area contributed by atoms with Crippen molar-refractivity contribution in [1.29, 1.82) is 0 Å². The van der Waals surface area contributed by atoms with E-state index in [0.717, 1.165) is 19.6 Å². The molecule has 30 heavy (non-hydrogen) atoms. The summed E-state index contributed by atoms with van der Waals surface area (Å²) in [7, 11) is 0. The van der Waals surface area contributed by atoms with E-state index in [1.54, 1.807) is 48.5 Å². The van der Waals surface area contributed by atoms with Crippen LogP contribution >= 0.6 is 0 Å². The van der Waals surface area contributed by atoms with Crippen LogP contribution < -0.4 is 16.3 Å². The van der Waals surface area contributed by atoms with Gasteiger partial charge < -0.3 is 20.0 Å². The van der Waals surface area contributed by atoms with Crippen LogP contribution in [0.4, 0.5) is 5.69 Å². The third kappa shape index (κ3) is 5.12. The number of carbonyl (C=O) groups is 2. The van der Waals surface area contributed by atoms with Gasteiger partial charge in [-0.3, -0.25) is 9.59 Å². The maximum absolute atomic E-state index is 12.5. The Morgan fingerprint density at radius 3 is 2.37 bits per heavy atom. The Hall–Kier alpha value is -3.45. The molecular weight excluding hydrogens is 382 g/mol. The molecule has 0 fully saturated rings. The highest BCUT2D eigenvalue weighted by Gasteiger charge is 2.14. The zero-order valence-electron chi connectivity index (χ0n) is 17.1. The molecule has 7 nitrogen and oxygen atoms in total. The molecule has 7 heteroatoms. The molecule has 2 aromatic carbocycles. The first kappa shape index (κ1) is 21.3. The van der Waals surface area contributed by atoms with Crippen molar-refractivity contribution in [3.05, 3.63) is 76.1 Å². The Kier molecular flexibility index (Phi) is 6.98. The van der Waals surface area contributed by atoms with E-state index in [2.05, 4.69) is 29.4 Å². The number of carbonyl (C=O) groups excluding carboxylic acids is 2. The quantitative estimate of drug-likeness (QED) is 0.560. The number of likely N-dealkylation sites (N-methyl/N-ethyl adjacent to an activating group) is 1. The Balaban J connectivity index is 1.63. The summed E-state index contributed by atoms with van der Waals surface area (Å²) >= 11 is 0. The van der Waals surface area contributed by atoms with Crippen molar-refractivity contribution in [2.75, 3.05) is 31.5 Å². The van der Waals surface area contributed by atoms with Gasteiger partial charge in [0.2, 0.25) is 0 Å². The Morgan fingerprint density at radius 1 is 0.967 bits per heavy atom. The van der Waals surface area contributed by atoms with Gasteiger partial charge in [0.05, 0.1) is 0 Å². The molecule has 0 spiro atoms. The van der Waals surface area contributed by atoms with Crippen molar-refractivity contribution in [1.82, 2.24) is 10.2 Å². The average Bonchev–Trinajstić information content (AvgIpc) is 2.76. The van der Waals surface area contributed by atoms with E-state index in [0.29, 0.717) is 28.8 Å². The fourth-order valence-corrected chi connectivity index (χ4v) is 3.09. The molecule has 0 bridgehead atoms. The van der Waals surface area contributed by atoms with Gasteiger partial charge in [0.1, 0.15) is 11.1 Å². The zero-order valence-corrected chi connectivity index (χ0v) is 17.1. The van der Waals surface area contributed by atoms with Crippen LogP contribution in [0.1, 0.15) is 34.6 Å². The van der Waals surface area contributed by atoms with Gasteiger partial charge in [-0.15, -0.1) is 0 Å². The van der Waals surface area contributed by atoms with Crippen LogP contribution in [-0.2, 0) is 0 Å². The molecule has 0 unspecified atom stereocenters. The molecule has 1 heterocycles. The van der Waals surface area contributed by atoms with Gasteiger partial charge in [-0.25, -0.2) is 4.79 Å². The highest BCUT2D eigenvalue weighted by Crippen LogP contribution is 2.15. The zero-order chi connectivity index (χ0) is 21.5. The summed E-state index contributed by atoms with van der Waals surface area (Å²) in [6.07, 6.45) is 0. The SMILES string of the molecule is CCN(CC)CCNC(=O)c1ccc(NC(=O)c2cc3ccccc3oc2=O)cc1. The Bertz CT molecular complexity index is 1090. The molecule has 2 N–H and O–H groups in total. The lowest BCUT2D eigenvalue weighted by molar-refractivity contribution is 0.0948. The van der Waals surface area contributed by atoms with Crippen molar-refractivity contribution < 1.29 is 14.0 Å². The molecule has 0 aliphatic heterocycles. The van der Waals surface area contributed by atoms with Gasteiger partial charge in [-0.2, -0.15) is 0 Å². The van der Waals surface area contributed by atoms with Gasteiger partial charge in [-0.05, 0) is 49.5 Å². The van der Waals surface area contributed by atoms with E-state index in [9.17, 15) is 14.4 Å². The molecule has 3 aromatic rings. The van der Waals surface area contributed by atoms with Crippen LogP contribution in [-0.4, -0.2) is 42.9 Å². The third-order valence-electron chi connectivity index (χ3n) is 4.90. The van der Waals surface area contributed by atoms with Crippen LogP contribution in [0.2, 0.25) is 0 Å². The van der Waals surface area contributed by atoms with E-state index in [-0.39, 0.29) is 11.5 Å². The first-order valence-electron chi connectivity index (χ1n) is 9.96. The van der Waals surface area contributed by atoms with E-state index in [4.69, 9.17) is 4.42 Å².